The van der Waals surface area contributed by atoms with Gasteiger partial charge < -0.3 is 4.52 Å². The van der Waals surface area contributed by atoms with Gasteiger partial charge in [0.25, 0.3) is 5.92 Å². The highest BCUT2D eigenvalue weighted by atomic mass is 19.4. The van der Waals surface area contributed by atoms with Crippen LogP contribution in [-0.4, -0.2) is 27.6 Å². The van der Waals surface area contributed by atoms with Crippen molar-refractivity contribution in [2.45, 2.75) is 37.8 Å². The third kappa shape index (κ3) is 4.04. The van der Waals surface area contributed by atoms with Crippen molar-refractivity contribution in [3.05, 3.63) is 35.7 Å². The molecule has 0 spiro atoms. The van der Waals surface area contributed by atoms with Crippen molar-refractivity contribution in [3.8, 4) is 11.4 Å². The average Bonchev–Trinajstić information content (AvgIpc) is 3.21. The van der Waals surface area contributed by atoms with Crippen LogP contribution in [0.3, 0.4) is 0 Å². The molecule has 5 nitrogen and oxygen atoms in total. The molecule has 1 unspecified atom stereocenters. The largest absolute Gasteiger partial charge is 0.471 e. The Morgan fingerprint density at radius 2 is 1.85 bits per heavy atom. The molecule has 0 amide bonds. The average molecular weight is 388 g/mol. The molecule has 1 saturated carbocycles. The second-order valence-corrected chi connectivity index (χ2v) is 6.30. The summed E-state index contributed by atoms with van der Waals surface area (Å²) in [4.78, 5) is 27.3. The van der Waals surface area contributed by atoms with E-state index < -0.39 is 41.9 Å². The molecule has 27 heavy (non-hydrogen) atoms. The Hall–Kier alpha value is -2.65. The number of benzene rings is 1. The van der Waals surface area contributed by atoms with Gasteiger partial charge in [0.05, 0.1) is 0 Å². The predicted octanol–water partition coefficient (Wildman–Crippen LogP) is 4.33. The number of alkyl halides is 5. The molecule has 0 radical (unpaired) electrons. The number of ketones is 2. The Balaban J connectivity index is 1.70. The van der Waals surface area contributed by atoms with Crippen molar-refractivity contribution in [2.75, 3.05) is 0 Å². The third-order valence-corrected chi connectivity index (χ3v) is 4.42. The number of carbonyl (C=O) groups excluding carboxylic acids is 2. The van der Waals surface area contributed by atoms with Crippen LogP contribution >= 0.6 is 0 Å². The maximum absolute atomic E-state index is 13.6. The Morgan fingerprint density at radius 3 is 2.37 bits per heavy atom. The fourth-order valence-corrected chi connectivity index (χ4v) is 2.95. The lowest BCUT2D eigenvalue weighted by Crippen LogP contribution is -2.27. The van der Waals surface area contributed by atoms with E-state index in [1.165, 1.54) is 24.3 Å². The van der Waals surface area contributed by atoms with Crippen molar-refractivity contribution in [2.24, 2.45) is 5.92 Å². The van der Waals surface area contributed by atoms with Crippen LogP contribution in [0.1, 0.15) is 41.9 Å². The van der Waals surface area contributed by atoms with Crippen molar-refractivity contribution in [1.82, 2.24) is 10.1 Å². The molecule has 1 heterocycles. The maximum atomic E-state index is 13.6. The van der Waals surface area contributed by atoms with E-state index in [-0.39, 0.29) is 29.8 Å². The van der Waals surface area contributed by atoms with Gasteiger partial charge in [-0.3, -0.25) is 9.59 Å². The van der Waals surface area contributed by atoms with Gasteiger partial charge in [0.15, 0.2) is 0 Å². The molecule has 0 aliphatic heterocycles. The van der Waals surface area contributed by atoms with Crippen molar-refractivity contribution in [1.29, 1.82) is 0 Å². The zero-order valence-corrected chi connectivity index (χ0v) is 13.7. The Kier molecular flexibility index (Phi) is 4.83. The fourth-order valence-electron chi connectivity index (χ4n) is 2.95. The van der Waals surface area contributed by atoms with E-state index in [9.17, 15) is 31.5 Å². The minimum absolute atomic E-state index is 0.0513. The minimum atomic E-state index is -4.78. The highest BCUT2D eigenvalue weighted by molar-refractivity contribution is 6.43. The topological polar surface area (TPSA) is 73.1 Å². The molecule has 1 atom stereocenters. The smallest absolute Gasteiger partial charge is 0.329 e. The number of hydrogen-bond donors (Lipinski definition) is 0. The zero-order chi connectivity index (χ0) is 19.8. The zero-order valence-electron chi connectivity index (χ0n) is 13.7. The van der Waals surface area contributed by atoms with Gasteiger partial charge in [-0.15, -0.1) is 0 Å². The van der Waals surface area contributed by atoms with E-state index in [1.54, 1.807) is 0 Å². The number of nitrogens with zero attached hydrogens (tertiary/aromatic N) is 2. The number of Topliss-reactive ketones (excluding diaryl/α,β-unsaturated/α-hetero) is 2. The van der Waals surface area contributed by atoms with Gasteiger partial charge in [-0.2, -0.15) is 18.2 Å². The van der Waals surface area contributed by atoms with Crippen LogP contribution in [0, 0.1) is 5.92 Å². The van der Waals surface area contributed by atoms with Crippen LogP contribution in [0.15, 0.2) is 28.8 Å². The second kappa shape index (κ2) is 6.82. The standard InChI is InChI=1S/C17H13F5N2O3/c18-16(19)7-1-2-11(16)8-12(25)13(26)9-3-5-10(6-4-9)14-23-15(27-24-14)17(20,21)22/h3-6,11H,1-2,7-8H2. The molecule has 1 aromatic heterocycles. The molecule has 1 aliphatic rings. The van der Waals surface area contributed by atoms with Crippen molar-refractivity contribution < 1.29 is 36.1 Å². The summed E-state index contributed by atoms with van der Waals surface area (Å²) in [7, 11) is 0. The lowest BCUT2D eigenvalue weighted by molar-refractivity contribution is -0.159. The SMILES string of the molecule is O=C(CC1CCCC1(F)F)C(=O)c1ccc(-c2noc(C(F)(F)F)n2)cc1. The molecule has 0 bridgehead atoms. The molecule has 0 N–H and O–H groups in total. The number of aromatic nitrogens is 2. The van der Waals surface area contributed by atoms with Gasteiger partial charge in [0.1, 0.15) is 0 Å². The summed E-state index contributed by atoms with van der Waals surface area (Å²) >= 11 is 0. The lowest BCUT2D eigenvalue weighted by Gasteiger charge is -2.17. The van der Waals surface area contributed by atoms with Crippen LogP contribution in [-0.2, 0) is 11.0 Å². The van der Waals surface area contributed by atoms with Crippen LogP contribution < -0.4 is 0 Å². The summed E-state index contributed by atoms with van der Waals surface area (Å²) in [6.07, 6.45) is -5.12. The van der Waals surface area contributed by atoms with E-state index in [4.69, 9.17) is 0 Å². The first-order chi connectivity index (χ1) is 12.6. The molecule has 144 valence electrons. The third-order valence-electron chi connectivity index (χ3n) is 4.42. The van der Waals surface area contributed by atoms with Gasteiger partial charge >= 0.3 is 12.1 Å². The van der Waals surface area contributed by atoms with Crippen LogP contribution in [0.25, 0.3) is 11.4 Å². The van der Waals surface area contributed by atoms with Gasteiger partial charge in [0, 0.05) is 29.9 Å². The number of halogens is 5. The first-order valence-corrected chi connectivity index (χ1v) is 8.04. The summed E-state index contributed by atoms with van der Waals surface area (Å²) < 4.78 is 68.7. The summed E-state index contributed by atoms with van der Waals surface area (Å²) in [6, 6.07) is 4.89. The number of carbonyl (C=O) groups is 2. The minimum Gasteiger partial charge on any atom is -0.329 e. The Labute approximate surface area is 149 Å². The van der Waals surface area contributed by atoms with Crippen LogP contribution in [0.4, 0.5) is 22.0 Å². The first kappa shape index (κ1) is 19.1. The maximum Gasteiger partial charge on any atom is 0.471 e. The van der Waals surface area contributed by atoms with Crippen molar-refractivity contribution in [3.63, 3.8) is 0 Å². The monoisotopic (exact) mass is 388 g/mol. The quantitative estimate of drug-likeness (QED) is 0.433. The number of hydrogen-bond acceptors (Lipinski definition) is 5. The molecule has 1 aromatic carbocycles. The van der Waals surface area contributed by atoms with E-state index in [1.807, 2.05) is 0 Å². The second-order valence-electron chi connectivity index (χ2n) is 6.30. The number of rotatable bonds is 5. The molecule has 10 heteroatoms. The fraction of sp³-hybridized carbons (Fsp3) is 0.412. The van der Waals surface area contributed by atoms with Gasteiger partial charge in [-0.25, -0.2) is 8.78 Å². The summed E-state index contributed by atoms with van der Waals surface area (Å²) in [5, 5.41) is 3.21. The predicted molar refractivity (Wildman–Crippen MR) is 81.0 cm³/mol. The lowest BCUT2D eigenvalue weighted by atomic mass is 9.94. The highest BCUT2D eigenvalue weighted by Crippen LogP contribution is 2.42. The van der Waals surface area contributed by atoms with E-state index in [2.05, 4.69) is 14.7 Å². The van der Waals surface area contributed by atoms with Gasteiger partial charge in [-0.1, -0.05) is 29.4 Å². The normalized spacial score (nSPS) is 19.2. The van der Waals surface area contributed by atoms with Crippen LogP contribution in [0.2, 0.25) is 0 Å². The van der Waals surface area contributed by atoms with E-state index in [0.29, 0.717) is 6.42 Å². The molecule has 0 saturated heterocycles. The Morgan fingerprint density at radius 1 is 1.19 bits per heavy atom. The van der Waals surface area contributed by atoms with E-state index in [0.717, 1.165) is 0 Å². The molecular formula is C17H13F5N2O3. The molecule has 3 rings (SSSR count). The summed E-state index contributed by atoms with van der Waals surface area (Å²) in [6.45, 7) is 0. The highest BCUT2D eigenvalue weighted by Gasteiger charge is 2.45. The van der Waals surface area contributed by atoms with Crippen molar-refractivity contribution >= 4 is 11.6 Å². The molecular weight excluding hydrogens is 375 g/mol. The van der Waals surface area contributed by atoms with E-state index >= 15 is 0 Å². The molecule has 1 aliphatic carbocycles. The summed E-state index contributed by atoms with van der Waals surface area (Å²) in [5.41, 5.74) is 0.0881. The van der Waals surface area contributed by atoms with Gasteiger partial charge in [0.2, 0.25) is 17.4 Å². The summed E-state index contributed by atoms with van der Waals surface area (Å²) in [5.74, 6) is -7.78. The molecule has 1 fully saturated rings. The van der Waals surface area contributed by atoms with Crippen LogP contribution in [0.5, 0.6) is 0 Å². The Bertz CT molecular complexity index is 858. The van der Waals surface area contributed by atoms with Gasteiger partial charge in [-0.05, 0) is 12.8 Å². The molecule has 2 aromatic rings. The first-order valence-electron chi connectivity index (χ1n) is 8.04.